The van der Waals surface area contributed by atoms with Gasteiger partial charge in [0.1, 0.15) is 5.69 Å². The molecule has 3 rings (SSSR count). The largest absolute Gasteiger partial charge is 0.465 e. The molecular weight excluding hydrogens is 324 g/mol. The quantitative estimate of drug-likeness (QED) is 0.813. The highest BCUT2D eigenvalue weighted by Gasteiger charge is 2.45. The first-order valence-electron chi connectivity index (χ1n) is 8.54. The van der Waals surface area contributed by atoms with Crippen molar-refractivity contribution in [3.05, 3.63) is 29.6 Å². The van der Waals surface area contributed by atoms with Gasteiger partial charge in [-0.2, -0.15) is 0 Å². The summed E-state index contributed by atoms with van der Waals surface area (Å²) in [6.07, 6.45) is 4.01. The molecule has 3 heterocycles. The number of esters is 1. The third-order valence-electron chi connectivity index (χ3n) is 5.12. The molecule has 25 heavy (non-hydrogen) atoms. The minimum Gasteiger partial charge on any atom is -0.465 e. The van der Waals surface area contributed by atoms with Gasteiger partial charge < -0.3 is 19.5 Å². The second kappa shape index (κ2) is 6.72. The number of amides is 1. The summed E-state index contributed by atoms with van der Waals surface area (Å²) in [6, 6.07) is 3.08. The molecule has 1 amide bonds. The predicted molar refractivity (Wildman–Crippen MR) is 89.3 cm³/mol. The molecule has 1 unspecified atom stereocenters. The number of piperidine rings is 1. The summed E-state index contributed by atoms with van der Waals surface area (Å²) in [6.45, 7) is 3.53. The molecule has 0 aromatic carbocycles. The molecule has 0 bridgehead atoms. The van der Waals surface area contributed by atoms with Crippen LogP contribution in [0.15, 0.2) is 18.3 Å². The Hall–Kier alpha value is -1.99. The van der Waals surface area contributed by atoms with Gasteiger partial charge in [0, 0.05) is 25.7 Å². The Labute approximate surface area is 146 Å². The summed E-state index contributed by atoms with van der Waals surface area (Å²) in [5.41, 5.74) is -0.411. The topological polar surface area (TPSA) is 89.0 Å². The molecule has 1 aromatic heterocycles. The van der Waals surface area contributed by atoms with Gasteiger partial charge in [-0.05, 0) is 38.3 Å². The Morgan fingerprint density at radius 2 is 2.00 bits per heavy atom. The summed E-state index contributed by atoms with van der Waals surface area (Å²) < 4.78 is 10.6. The number of aromatic nitrogens is 1. The van der Waals surface area contributed by atoms with Gasteiger partial charge >= 0.3 is 5.97 Å². The van der Waals surface area contributed by atoms with Crippen LogP contribution in [0.1, 0.15) is 53.5 Å². The number of pyridine rings is 1. The molecule has 136 valence electrons. The summed E-state index contributed by atoms with van der Waals surface area (Å²) in [4.78, 5) is 29.9. The lowest BCUT2D eigenvalue weighted by Gasteiger charge is -2.48. The van der Waals surface area contributed by atoms with Crippen molar-refractivity contribution in [2.45, 2.75) is 43.8 Å². The van der Waals surface area contributed by atoms with E-state index in [4.69, 9.17) is 4.74 Å². The minimum absolute atomic E-state index is 0.158. The maximum Gasteiger partial charge on any atom is 0.339 e. The zero-order valence-corrected chi connectivity index (χ0v) is 14.7. The van der Waals surface area contributed by atoms with Crippen LogP contribution in [0.3, 0.4) is 0 Å². The second-order valence-corrected chi connectivity index (χ2v) is 7.17. The molecule has 2 aliphatic heterocycles. The van der Waals surface area contributed by atoms with E-state index in [1.54, 1.807) is 17.0 Å². The van der Waals surface area contributed by atoms with Gasteiger partial charge in [-0.25, -0.2) is 4.79 Å². The third kappa shape index (κ3) is 3.82. The van der Waals surface area contributed by atoms with Gasteiger partial charge in [0.2, 0.25) is 0 Å². The molecular formula is C18H24N2O5. The Morgan fingerprint density at radius 3 is 2.56 bits per heavy atom. The van der Waals surface area contributed by atoms with E-state index in [2.05, 4.69) is 9.72 Å². The average Bonchev–Trinajstić information content (AvgIpc) is 2.60. The molecule has 1 aromatic rings. The van der Waals surface area contributed by atoms with Crippen LogP contribution in [0.4, 0.5) is 0 Å². The zero-order chi connectivity index (χ0) is 18.1. The normalized spacial score (nSPS) is 25.6. The monoisotopic (exact) mass is 348 g/mol. The molecule has 0 saturated carbocycles. The standard InChI is InChI=1S/C18H24N2O5/c1-17(23)7-10-25-18(12-17)5-8-20(9-6-18)15(21)14-4-3-13(11-19-14)16(22)24-2/h3-4,11,23H,5-10,12H2,1-2H3. The number of likely N-dealkylation sites (tertiary alicyclic amines) is 1. The smallest absolute Gasteiger partial charge is 0.339 e. The molecule has 1 atom stereocenters. The SMILES string of the molecule is COC(=O)c1ccc(C(=O)N2CCC3(CC2)CC(C)(O)CCO3)nc1. The highest BCUT2D eigenvalue weighted by molar-refractivity contribution is 5.94. The van der Waals surface area contributed by atoms with Gasteiger partial charge in [0.15, 0.2) is 0 Å². The fourth-order valence-electron chi connectivity index (χ4n) is 3.68. The number of hydrogen-bond donors (Lipinski definition) is 1. The van der Waals surface area contributed by atoms with Crippen LogP contribution < -0.4 is 0 Å². The Balaban J connectivity index is 1.63. The van der Waals surface area contributed by atoms with Gasteiger partial charge in [-0.15, -0.1) is 0 Å². The number of carbonyl (C=O) groups is 2. The van der Waals surface area contributed by atoms with E-state index in [1.807, 2.05) is 6.92 Å². The number of ether oxygens (including phenoxy) is 2. The van der Waals surface area contributed by atoms with Crippen molar-refractivity contribution in [2.24, 2.45) is 0 Å². The lowest BCUT2D eigenvalue weighted by Crippen LogP contribution is -2.54. The lowest BCUT2D eigenvalue weighted by molar-refractivity contribution is -0.170. The summed E-state index contributed by atoms with van der Waals surface area (Å²) in [5, 5.41) is 10.3. The minimum atomic E-state index is -0.699. The van der Waals surface area contributed by atoms with Crippen molar-refractivity contribution in [2.75, 3.05) is 26.8 Å². The molecule has 1 spiro atoms. The van der Waals surface area contributed by atoms with Gasteiger partial charge in [-0.3, -0.25) is 9.78 Å². The molecule has 7 nitrogen and oxygen atoms in total. The maximum absolute atomic E-state index is 12.6. The second-order valence-electron chi connectivity index (χ2n) is 7.17. The Morgan fingerprint density at radius 1 is 1.28 bits per heavy atom. The number of hydrogen-bond acceptors (Lipinski definition) is 6. The fraction of sp³-hybridized carbons (Fsp3) is 0.611. The summed E-state index contributed by atoms with van der Waals surface area (Å²) >= 11 is 0. The Bertz CT molecular complexity index is 648. The van der Waals surface area contributed by atoms with Gasteiger partial charge in [-0.1, -0.05) is 0 Å². The van der Waals surface area contributed by atoms with Gasteiger partial charge in [0.25, 0.3) is 5.91 Å². The van der Waals surface area contributed by atoms with Crippen LogP contribution >= 0.6 is 0 Å². The molecule has 0 aliphatic carbocycles. The first-order chi connectivity index (χ1) is 11.8. The molecule has 2 fully saturated rings. The molecule has 7 heteroatoms. The van der Waals surface area contributed by atoms with Crippen LogP contribution in [-0.2, 0) is 9.47 Å². The number of methoxy groups -OCH3 is 1. The first kappa shape index (κ1) is 17.8. The van der Waals surface area contributed by atoms with Crippen LogP contribution in [0.25, 0.3) is 0 Å². The van der Waals surface area contributed by atoms with Crippen LogP contribution in [0, 0.1) is 0 Å². The zero-order valence-electron chi connectivity index (χ0n) is 14.7. The third-order valence-corrected chi connectivity index (χ3v) is 5.12. The number of aliphatic hydroxyl groups is 1. The number of rotatable bonds is 2. The van der Waals surface area contributed by atoms with E-state index < -0.39 is 11.6 Å². The summed E-state index contributed by atoms with van der Waals surface area (Å²) in [5.74, 6) is -0.637. The molecule has 2 saturated heterocycles. The fourth-order valence-corrected chi connectivity index (χ4v) is 3.68. The van der Waals surface area contributed by atoms with E-state index in [-0.39, 0.29) is 11.5 Å². The highest BCUT2D eigenvalue weighted by atomic mass is 16.5. The molecule has 1 N–H and O–H groups in total. The predicted octanol–water partition coefficient (Wildman–Crippen LogP) is 1.40. The van der Waals surface area contributed by atoms with Crippen molar-refractivity contribution in [3.63, 3.8) is 0 Å². The van der Waals surface area contributed by atoms with Crippen molar-refractivity contribution in [1.29, 1.82) is 0 Å². The Kier molecular flexibility index (Phi) is 4.79. The van der Waals surface area contributed by atoms with E-state index in [1.165, 1.54) is 13.3 Å². The average molecular weight is 348 g/mol. The van der Waals surface area contributed by atoms with Crippen LogP contribution in [-0.4, -0.2) is 64.9 Å². The van der Waals surface area contributed by atoms with Crippen molar-refractivity contribution >= 4 is 11.9 Å². The van der Waals surface area contributed by atoms with E-state index in [9.17, 15) is 14.7 Å². The summed E-state index contributed by atoms with van der Waals surface area (Å²) in [7, 11) is 1.30. The maximum atomic E-state index is 12.6. The number of nitrogens with zero attached hydrogens (tertiary/aromatic N) is 2. The lowest BCUT2D eigenvalue weighted by atomic mass is 9.78. The highest BCUT2D eigenvalue weighted by Crippen LogP contribution is 2.39. The van der Waals surface area contributed by atoms with Crippen molar-refractivity contribution < 1.29 is 24.2 Å². The molecule has 0 radical (unpaired) electrons. The van der Waals surface area contributed by atoms with E-state index >= 15 is 0 Å². The van der Waals surface area contributed by atoms with Crippen LogP contribution in [0.5, 0.6) is 0 Å². The van der Waals surface area contributed by atoms with Gasteiger partial charge in [0.05, 0.1) is 30.5 Å². The van der Waals surface area contributed by atoms with E-state index in [0.717, 1.165) is 0 Å². The first-order valence-corrected chi connectivity index (χ1v) is 8.54. The van der Waals surface area contributed by atoms with Crippen LogP contribution in [0.2, 0.25) is 0 Å². The van der Waals surface area contributed by atoms with Crippen molar-refractivity contribution in [1.82, 2.24) is 9.88 Å². The molecule has 2 aliphatic rings. The van der Waals surface area contributed by atoms with E-state index in [0.29, 0.717) is 56.6 Å². The number of carbonyl (C=O) groups excluding carboxylic acids is 2. The van der Waals surface area contributed by atoms with Crippen molar-refractivity contribution in [3.8, 4) is 0 Å².